The Kier molecular flexibility index (Phi) is 2.79. The van der Waals surface area contributed by atoms with E-state index >= 15 is 0 Å². The maximum atomic E-state index is 11.7. The monoisotopic (exact) mass is 237 g/mol. The van der Waals surface area contributed by atoms with E-state index in [1.165, 1.54) is 0 Å². The van der Waals surface area contributed by atoms with Gasteiger partial charge in [-0.25, -0.2) is 5.48 Å². The summed E-state index contributed by atoms with van der Waals surface area (Å²) in [4.78, 5) is 23.0. The molecule has 0 radical (unpaired) electrons. The van der Waals surface area contributed by atoms with Crippen molar-refractivity contribution in [3.8, 4) is 0 Å². The van der Waals surface area contributed by atoms with Crippen molar-refractivity contribution in [3.05, 3.63) is 24.8 Å². The molecule has 3 N–H and O–H groups in total. The summed E-state index contributed by atoms with van der Waals surface area (Å²) < 4.78 is 0. The van der Waals surface area contributed by atoms with Gasteiger partial charge in [0.15, 0.2) is 0 Å². The molecule has 0 aliphatic heterocycles. The molecule has 0 saturated heterocycles. The van der Waals surface area contributed by atoms with Crippen LogP contribution < -0.4 is 5.48 Å². The minimum Gasteiger partial charge on any atom is -0.481 e. The first kappa shape index (κ1) is 11.9. The number of amides is 1. The summed E-state index contributed by atoms with van der Waals surface area (Å²) in [7, 11) is 0. The van der Waals surface area contributed by atoms with Crippen molar-refractivity contribution in [2.45, 2.75) is 12.8 Å². The van der Waals surface area contributed by atoms with E-state index in [-0.39, 0.29) is 5.92 Å². The number of hydrogen-bond acceptors (Lipinski definition) is 3. The van der Waals surface area contributed by atoms with Crippen molar-refractivity contribution in [1.29, 1.82) is 0 Å². The van der Waals surface area contributed by atoms with Crippen LogP contribution in [-0.2, 0) is 9.59 Å². The first-order valence-electron chi connectivity index (χ1n) is 5.53. The number of hydrogen-bond donors (Lipinski definition) is 3. The van der Waals surface area contributed by atoms with Crippen LogP contribution in [0.4, 0.5) is 0 Å². The second-order valence-electron chi connectivity index (χ2n) is 4.77. The van der Waals surface area contributed by atoms with Gasteiger partial charge in [-0.05, 0) is 18.8 Å². The number of carbonyl (C=O) groups is 2. The van der Waals surface area contributed by atoms with Crippen LogP contribution in [0.5, 0.6) is 0 Å². The van der Waals surface area contributed by atoms with Gasteiger partial charge in [0.25, 0.3) is 0 Å². The molecule has 0 aromatic rings. The van der Waals surface area contributed by atoms with Crippen LogP contribution in [-0.4, -0.2) is 22.2 Å². The van der Waals surface area contributed by atoms with Gasteiger partial charge in [0.2, 0.25) is 5.91 Å². The van der Waals surface area contributed by atoms with E-state index in [0.29, 0.717) is 12.8 Å². The van der Waals surface area contributed by atoms with Gasteiger partial charge < -0.3 is 5.11 Å². The van der Waals surface area contributed by atoms with Crippen molar-refractivity contribution < 1.29 is 19.9 Å². The molecule has 4 atom stereocenters. The fourth-order valence-electron chi connectivity index (χ4n) is 3.34. The number of carboxylic acid groups (broad SMARTS) is 1. The smallest absolute Gasteiger partial charge is 0.307 e. The number of rotatable bonds is 4. The molecule has 2 bridgehead atoms. The van der Waals surface area contributed by atoms with Gasteiger partial charge in [-0.15, -0.1) is 6.58 Å². The molecule has 5 heteroatoms. The molecule has 0 aromatic carbocycles. The number of fused-ring (bicyclic) bond motifs is 2. The molecule has 1 amide bonds. The summed E-state index contributed by atoms with van der Waals surface area (Å²) in [6.45, 7) is 3.65. The van der Waals surface area contributed by atoms with Crippen molar-refractivity contribution in [2.24, 2.45) is 23.2 Å². The van der Waals surface area contributed by atoms with Gasteiger partial charge >= 0.3 is 5.97 Å². The molecule has 92 valence electrons. The third-order valence-corrected chi connectivity index (χ3v) is 3.93. The number of allylic oxidation sites excluding steroid dienone is 3. The summed E-state index contributed by atoms with van der Waals surface area (Å²) in [5, 5.41) is 18.0. The van der Waals surface area contributed by atoms with Crippen molar-refractivity contribution in [3.63, 3.8) is 0 Å². The Morgan fingerprint density at radius 2 is 2.29 bits per heavy atom. The average Bonchev–Trinajstić information content (AvgIpc) is 2.83. The van der Waals surface area contributed by atoms with Crippen molar-refractivity contribution >= 4 is 11.9 Å². The van der Waals surface area contributed by atoms with Gasteiger partial charge in [-0.2, -0.15) is 0 Å². The SMILES string of the molecule is C=CCC12C=CC(C1)C(C(=O)O)C2C(=O)NO. The van der Waals surface area contributed by atoms with E-state index in [1.807, 2.05) is 12.2 Å². The Balaban J connectivity index is 2.40. The van der Waals surface area contributed by atoms with Crippen LogP contribution >= 0.6 is 0 Å². The van der Waals surface area contributed by atoms with Gasteiger partial charge in [-0.3, -0.25) is 14.8 Å². The number of aliphatic carboxylic acids is 1. The van der Waals surface area contributed by atoms with Crippen LogP contribution in [0, 0.1) is 23.2 Å². The number of carbonyl (C=O) groups excluding carboxylic acids is 1. The van der Waals surface area contributed by atoms with E-state index in [9.17, 15) is 14.7 Å². The zero-order chi connectivity index (χ0) is 12.6. The third-order valence-electron chi connectivity index (χ3n) is 3.93. The fourth-order valence-corrected chi connectivity index (χ4v) is 3.34. The van der Waals surface area contributed by atoms with Gasteiger partial charge in [0.05, 0.1) is 11.8 Å². The van der Waals surface area contributed by atoms with Crippen molar-refractivity contribution in [1.82, 2.24) is 5.48 Å². The Hall–Kier alpha value is -1.62. The summed E-state index contributed by atoms with van der Waals surface area (Å²) in [5.74, 6) is -3.22. The molecule has 0 spiro atoms. The van der Waals surface area contributed by atoms with Crippen LogP contribution in [0.1, 0.15) is 12.8 Å². The number of hydroxylamine groups is 1. The first-order valence-corrected chi connectivity index (χ1v) is 5.53. The lowest BCUT2D eigenvalue weighted by molar-refractivity contribution is -0.151. The predicted octanol–water partition coefficient (Wildman–Crippen LogP) is 0.961. The zero-order valence-corrected chi connectivity index (χ0v) is 9.30. The summed E-state index contributed by atoms with van der Waals surface area (Å²) >= 11 is 0. The summed E-state index contributed by atoms with van der Waals surface area (Å²) in [5.41, 5.74) is 1.09. The Morgan fingerprint density at radius 1 is 1.59 bits per heavy atom. The topological polar surface area (TPSA) is 86.6 Å². The van der Waals surface area contributed by atoms with Gasteiger partial charge in [0.1, 0.15) is 0 Å². The highest BCUT2D eigenvalue weighted by Gasteiger charge is 2.59. The van der Waals surface area contributed by atoms with Crippen LogP contribution in [0.2, 0.25) is 0 Å². The van der Waals surface area contributed by atoms with Gasteiger partial charge in [0, 0.05) is 5.41 Å². The van der Waals surface area contributed by atoms with E-state index in [2.05, 4.69) is 6.58 Å². The number of carboxylic acids is 1. The van der Waals surface area contributed by atoms with Crippen LogP contribution in [0.25, 0.3) is 0 Å². The minimum absolute atomic E-state index is 0.130. The lowest BCUT2D eigenvalue weighted by atomic mass is 9.71. The quantitative estimate of drug-likeness (QED) is 0.386. The second kappa shape index (κ2) is 4.00. The molecule has 5 nitrogen and oxygen atoms in total. The molecule has 4 unspecified atom stereocenters. The Bertz CT molecular complexity index is 403. The molecular weight excluding hydrogens is 222 g/mol. The maximum absolute atomic E-state index is 11.7. The maximum Gasteiger partial charge on any atom is 0.307 e. The molecular formula is C12H15NO4. The lowest BCUT2D eigenvalue weighted by Gasteiger charge is -2.32. The van der Waals surface area contributed by atoms with Crippen molar-refractivity contribution in [2.75, 3.05) is 0 Å². The molecule has 2 aliphatic carbocycles. The molecule has 1 saturated carbocycles. The molecule has 2 rings (SSSR count). The Morgan fingerprint density at radius 3 is 2.82 bits per heavy atom. The average molecular weight is 237 g/mol. The zero-order valence-electron chi connectivity index (χ0n) is 9.30. The Labute approximate surface area is 98.8 Å². The number of nitrogens with one attached hydrogen (secondary N) is 1. The minimum atomic E-state index is -0.987. The predicted molar refractivity (Wildman–Crippen MR) is 59.0 cm³/mol. The molecule has 0 heterocycles. The molecule has 2 aliphatic rings. The molecule has 17 heavy (non-hydrogen) atoms. The van der Waals surface area contributed by atoms with E-state index in [1.54, 1.807) is 11.6 Å². The van der Waals surface area contributed by atoms with E-state index in [4.69, 9.17) is 5.21 Å². The summed E-state index contributed by atoms with van der Waals surface area (Å²) in [6, 6.07) is 0. The van der Waals surface area contributed by atoms with E-state index < -0.39 is 29.1 Å². The highest BCUT2D eigenvalue weighted by Crippen LogP contribution is 2.58. The lowest BCUT2D eigenvalue weighted by Crippen LogP contribution is -2.43. The summed E-state index contributed by atoms with van der Waals surface area (Å²) in [6.07, 6.45) is 6.63. The van der Waals surface area contributed by atoms with E-state index in [0.717, 1.165) is 0 Å². The third kappa shape index (κ3) is 1.58. The highest BCUT2D eigenvalue weighted by atomic mass is 16.5. The fraction of sp³-hybridized carbons (Fsp3) is 0.500. The normalized spacial score (nSPS) is 38.1. The van der Waals surface area contributed by atoms with Crippen LogP contribution in [0.15, 0.2) is 24.8 Å². The molecule has 0 aromatic heterocycles. The second-order valence-corrected chi connectivity index (χ2v) is 4.77. The molecule has 1 fully saturated rings. The largest absolute Gasteiger partial charge is 0.481 e. The highest BCUT2D eigenvalue weighted by molar-refractivity contribution is 5.87. The standard InChI is InChI=1S/C12H15NO4/c1-2-4-12-5-3-7(6-12)8(11(15)16)9(12)10(14)13-17/h2-3,5,7-9,17H,1,4,6H2,(H,13,14)(H,15,16). The van der Waals surface area contributed by atoms with Gasteiger partial charge in [-0.1, -0.05) is 18.2 Å². The first-order chi connectivity index (χ1) is 8.05. The van der Waals surface area contributed by atoms with Crippen LogP contribution in [0.3, 0.4) is 0 Å².